The van der Waals surface area contributed by atoms with Gasteiger partial charge in [-0.15, -0.1) is 0 Å². The minimum atomic E-state index is -0.510. The third-order valence-corrected chi connectivity index (χ3v) is 2.45. The van der Waals surface area contributed by atoms with Crippen LogP contribution in [0.4, 0.5) is 11.4 Å². The fraction of sp³-hybridized carbons (Fsp3) is 0.364. The summed E-state index contributed by atoms with van der Waals surface area (Å²) in [5.41, 5.74) is 6.97. The molecule has 0 bridgehead atoms. The molecule has 0 radical (unpaired) electrons. The Kier molecular flexibility index (Phi) is 2.70. The van der Waals surface area contributed by atoms with Gasteiger partial charge in [0.1, 0.15) is 12.5 Å². The van der Waals surface area contributed by atoms with Crippen LogP contribution in [-0.2, 0) is 9.53 Å². The van der Waals surface area contributed by atoms with Crippen molar-refractivity contribution in [1.82, 2.24) is 0 Å². The van der Waals surface area contributed by atoms with Gasteiger partial charge in [-0.2, -0.15) is 0 Å². The lowest BCUT2D eigenvalue weighted by Gasteiger charge is -2.32. The summed E-state index contributed by atoms with van der Waals surface area (Å²) in [6, 6.07) is 5.20. The maximum Gasteiger partial charge on any atom is 0.269 e. The normalized spacial score (nSPS) is 19.2. The third kappa shape index (κ3) is 1.69. The van der Waals surface area contributed by atoms with Gasteiger partial charge in [0.05, 0.1) is 5.69 Å². The van der Waals surface area contributed by atoms with Crippen molar-refractivity contribution in [3.8, 4) is 5.75 Å². The molecule has 2 rings (SSSR count). The highest BCUT2D eigenvalue weighted by atomic mass is 16.5. The van der Waals surface area contributed by atoms with E-state index in [1.54, 1.807) is 37.1 Å². The van der Waals surface area contributed by atoms with Crippen molar-refractivity contribution >= 4 is 17.3 Å². The molecule has 0 aromatic heterocycles. The first-order chi connectivity index (χ1) is 7.63. The summed E-state index contributed by atoms with van der Waals surface area (Å²) < 4.78 is 10.5. The van der Waals surface area contributed by atoms with Gasteiger partial charge in [-0.1, -0.05) is 0 Å². The molecular weight excluding hydrogens is 208 g/mol. The lowest BCUT2D eigenvalue weighted by molar-refractivity contribution is -0.126. The largest absolute Gasteiger partial charge is 0.479 e. The van der Waals surface area contributed by atoms with Crippen LogP contribution in [0.5, 0.6) is 5.75 Å². The summed E-state index contributed by atoms with van der Waals surface area (Å²) in [5, 5.41) is 0. The van der Waals surface area contributed by atoms with Gasteiger partial charge in [0, 0.05) is 18.9 Å². The van der Waals surface area contributed by atoms with Crippen molar-refractivity contribution in [2.45, 2.75) is 13.0 Å². The Morgan fingerprint density at radius 2 is 2.31 bits per heavy atom. The van der Waals surface area contributed by atoms with Gasteiger partial charge < -0.3 is 15.2 Å². The quantitative estimate of drug-likeness (QED) is 0.758. The van der Waals surface area contributed by atoms with Gasteiger partial charge in [-0.3, -0.25) is 9.69 Å². The average molecular weight is 222 g/mol. The average Bonchev–Trinajstić information content (AvgIpc) is 2.24. The number of nitrogens with zero attached hydrogens (tertiary/aromatic N) is 1. The van der Waals surface area contributed by atoms with Crippen molar-refractivity contribution in [1.29, 1.82) is 0 Å². The number of nitrogens with two attached hydrogens (primary N) is 1. The minimum absolute atomic E-state index is 0.112. The van der Waals surface area contributed by atoms with Crippen molar-refractivity contribution in [2.24, 2.45) is 0 Å². The summed E-state index contributed by atoms with van der Waals surface area (Å²) in [6.45, 7) is 1.92. The highest BCUT2D eigenvalue weighted by Gasteiger charge is 2.31. The van der Waals surface area contributed by atoms with E-state index in [0.717, 1.165) is 0 Å². The second-order valence-electron chi connectivity index (χ2n) is 3.67. The molecule has 16 heavy (non-hydrogen) atoms. The number of ether oxygens (including phenoxy) is 2. The van der Waals surface area contributed by atoms with Crippen LogP contribution >= 0.6 is 0 Å². The van der Waals surface area contributed by atoms with Crippen molar-refractivity contribution in [2.75, 3.05) is 24.5 Å². The molecule has 1 aromatic rings. The highest BCUT2D eigenvalue weighted by Crippen LogP contribution is 2.35. The molecule has 1 heterocycles. The molecule has 1 atom stereocenters. The standard InChI is InChI=1S/C11H14N2O3/c1-7-11(14)13(6-15-2)9-4-3-8(12)5-10(9)16-7/h3-5,7H,6,12H2,1-2H3. The monoisotopic (exact) mass is 222 g/mol. The van der Waals surface area contributed by atoms with Crippen LogP contribution in [0, 0.1) is 0 Å². The van der Waals surface area contributed by atoms with Crippen LogP contribution in [0.15, 0.2) is 18.2 Å². The molecule has 5 heteroatoms. The Labute approximate surface area is 93.7 Å². The number of hydrogen-bond acceptors (Lipinski definition) is 4. The van der Waals surface area contributed by atoms with Crippen LogP contribution in [-0.4, -0.2) is 25.9 Å². The smallest absolute Gasteiger partial charge is 0.269 e. The molecule has 0 saturated heterocycles. The number of fused-ring (bicyclic) bond motifs is 1. The van der Waals surface area contributed by atoms with E-state index >= 15 is 0 Å². The molecular formula is C11H14N2O3. The molecule has 1 aliphatic rings. The molecule has 1 amide bonds. The van der Waals surface area contributed by atoms with Gasteiger partial charge in [0.15, 0.2) is 6.10 Å². The number of methoxy groups -OCH3 is 1. The van der Waals surface area contributed by atoms with Crippen LogP contribution < -0.4 is 15.4 Å². The van der Waals surface area contributed by atoms with Crippen molar-refractivity contribution < 1.29 is 14.3 Å². The van der Waals surface area contributed by atoms with Crippen LogP contribution in [0.1, 0.15) is 6.92 Å². The van der Waals surface area contributed by atoms with E-state index in [9.17, 15) is 4.79 Å². The van der Waals surface area contributed by atoms with Crippen LogP contribution in [0.3, 0.4) is 0 Å². The van der Waals surface area contributed by atoms with Gasteiger partial charge in [-0.05, 0) is 19.1 Å². The SMILES string of the molecule is COCN1C(=O)C(C)Oc2cc(N)ccc21. The molecule has 0 aliphatic carbocycles. The summed E-state index contributed by atoms with van der Waals surface area (Å²) in [7, 11) is 1.55. The fourth-order valence-corrected chi connectivity index (χ4v) is 1.69. The van der Waals surface area contributed by atoms with E-state index in [1.165, 1.54) is 0 Å². The van der Waals surface area contributed by atoms with Gasteiger partial charge >= 0.3 is 0 Å². The Hall–Kier alpha value is -1.75. The van der Waals surface area contributed by atoms with Gasteiger partial charge in [0.2, 0.25) is 0 Å². The number of benzene rings is 1. The van der Waals surface area contributed by atoms with E-state index < -0.39 is 6.10 Å². The van der Waals surface area contributed by atoms with Crippen molar-refractivity contribution in [3.63, 3.8) is 0 Å². The van der Waals surface area contributed by atoms with E-state index in [1.807, 2.05) is 0 Å². The highest BCUT2D eigenvalue weighted by molar-refractivity contribution is 5.99. The first kappa shape index (κ1) is 10.8. The Bertz CT molecular complexity index is 420. The maximum atomic E-state index is 11.9. The van der Waals surface area contributed by atoms with E-state index in [4.69, 9.17) is 15.2 Å². The Morgan fingerprint density at radius 1 is 1.56 bits per heavy atom. The maximum absolute atomic E-state index is 11.9. The van der Waals surface area contributed by atoms with Crippen LogP contribution in [0.25, 0.3) is 0 Å². The molecule has 1 unspecified atom stereocenters. The Balaban J connectivity index is 2.43. The van der Waals surface area contributed by atoms with E-state index in [2.05, 4.69) is 0 Å². The molecule has 0 spiro atoms. The van der Waals surface area contributed by atoms with E-state index in [-0.39, 0.29) is 12.6 Å². The molecule has 1 aliphatic heterocycles. The summed E-state index contributed by atoms with van der Waals surface area (Å²) in [6.07, 6.45) is -0.510. The number of carbonyl (C=O) groups is 1. The number of amides is 1. The lowest BCUT2D eigenvalue weighted by Crippen LogP contribution is -2.45. The number of rotatable bonds is 2. The zero-order chi connectivity index (χ0) is 11.7. The minimum Gasteiger partial charge on any atom is -0.479 e. The number of nitrogen functional groups attached to an aromatic ring is 1. The molecule has 5 nitrogen and oxygen atoms in total. The summed E-state index contributed by atoms with van der Waals surface area (Å²) in [5.74, 6) is 0.503. The number of hydrogen-bond donors (Lipinski definition) is 1. The molecule has 86 valence electrons. The predicted molar refractivity (Wildman–Crippen MR) is 60.3 cm³/mol. The van der Waals surface area contributed by atoms with Gasteiger partial charge in [-0.25, -0.2) is 0 Å². The first-order valence-corrected chi connectivity index (χ1v) is 5.00. The number of anilines is 2. The zero-order valence-corrected chi connectivity index (χ0v) is 9.27. The molecule has 2 N–H and O–H groups in total. The second-order valence-corrected chi connectivity index (χ2v) is 3.67. The van der Waals surface area contributed by atoms with Crippen LogP contribution in [0.2, 0.25) is 0 Å². The first-order valence-electron chi connectivity index (χ1n) is 5.00. The molecule has 0 saturated carbocycles. The van der Waals surface area contributed by atoms with E-state index in [0.29, 0.717) is 17.1 Å². The summed E-state index contributed by atoms with van der Waals surface area (Å²) >= 11 is 0. The fourth-order valence-electron chi connectivity index (χ4n) is 1.69. The Morgan fingerprint density at radius 3 is 3.00 bits per heavy atom. The lowest BCUT2D eigenvalue weighted by atomic mass is 10.2. The third-order valence-electron chi connectivity index (χ3n) is 2.45. The molecule has 0 fully saturated rings. The second kappa shape index (κ2) is 4.02. The summed E-state index contributed by atoms with van der Waals surface area (Å²) in [4.78, 5) is 13.4. The molecule has 1 aromatic carbocycles. The zero-order valence-electron chi connectivity index (χ0n) is 9.27. The number of carbonyl (C=O) groups excluding carboxylic acids is 1. The predicted octanol–water partition coefficient (Wildman–Crippen LogP) is 0.987. The van der Waals surface area contributed by atoms with Crippen molar-refractivity contribution in [3.05, 3.63) is 18.2 Å². The van der Waals surface area contributed by atoms with Gasteiger partial charge in [0.25, 0.3) is 5.91 Å². The topological polar surface area (TPSA) is 64.8 Å².